The summed E-state index contributed by atoms with van der Waals surface area (Å²) in [5.41, 5.74) is 8.78. The number of nitrogen functional groups attached to an aromatic ring is 1. The Balaban J connectivity index is 1.91. The standard InChI is InChI=1S/C13H13N5S/c1-8-6-9(7-19-13-16-12(14)17-18-13)10-4-2-3-5-11(10)15-8/h2-6H,7H2,1H3,(H3,14,16,17,18). The molecule has 0 fully saturated rings. The van der Waals surface area contributed by atoms with E-state index in [-0.39, 0.29) is 0 Å². The summed E-state index contributed by atoms with van der Waals surface area (Å²) in [6.07, 6.45) is 0. The Bertz CT molecular complexity index is 722. The zero-order valence-electron chi connectivity index (χ0n) is 10.4. The van der Waals surface area contributed by atoms with Gasteiger partial charge in [0.2, 0.25) is 11.1 Å². The van der Waals surface area contributed by atoms with Crippen molar-refractivity contribution in [2.24, 2.45) is 0 Å². The Morgan fingerprint density at radius 3 is 2.89 bits per heavy atom. The molecule has 0 aliphatic carbocycles. The molecule has 6 heteroatoms. The van der Waals surface area contributed by atoms with Crippen LogP contribution in [0.25, 0.3) is 10.9 Å². The van der Waals surface area contributed by atoms with Crippen LogP contribution in [0, 0.1) is 6.92 Å². The maximum absolute atomic E-state index is 5.51. The van der Waals surface area contributed by atoms with Crippen LogP contribution in [0.2, 0.25) is 0 Å². The van der Waals surface area contributed by atoms with Gasteiger partial charge in [-0.25, -0.2) is 5.10 Å². The molecular formula is C13H13N5S. The molecule has 5 nitrogen and oxygen atoms in total. The topological polar surface area (TPSA) is 80.5 Å². The second-order valence-electron chi connectivity index (χ2n) is 4.23. The highest BCUT2D eigenvalue weighted by Crippen LogP contribution is 2.25. The third-order valence-corrected chi connectivity index (χ3v) is 3.67. The van der Waals surface area contributed by atoms with Crippen molar-refractivity contribution in [1.29, 1.82) is 0 Å². The van der Waals surface area contributed by atoms with Crippen LogP contribution >= 0.6 is 11.8 Å². The van der Waals surface area contributed by atoms with Gasteiger partial charge in [0.05, 0.1) is 5.52 Å². The van der Waals surface area contributed by atoms with Crippen LogP contribution in [-0.2, 0) is 5.75 Å². The number of thioether (sulfide) groups is 1. The lowest BCUT2D eigenvalue weighted by Crippen LogP contribution is -1.91. The monoisotopic (exact) mass is 271 g/mol. The molecule has 0 atom stereocenters. The molecule has 0 spiro atoms. The van der Waals surface area contributed by atoms with Crippen LogP contribution in [0.15, 0.2) is 35.5 Å². The van der Waals surface area contributed by atoms with Gasteiger partial charge in [0, 0.05) is 16.8 Å². The molecule has 3 N–H and O–H groups in total. The van der Waals surface area contributed by atoms with Gasteiger partial charge in [0.1, 0.15) is 0 Å². The summed E-state index contributed by atoms with van der Waals surface area (Å²) in [4.78, 5) is 8.62. The summed E-state index contributed by atoms with van der Waals surface area (Å²) >= 11 is 1.56. The first-order valence-corrected chi connectivity index (χ1v) is 6.87. The summed E-state index contributed by atoms with van der Waals surface area (Å²) in [6, 6.07) is 10.2. The number of nitrogens with one attached hydrogen (secondary N) is 1. The van der Waals surface area contributed by atoms with Crippen molar-refractivity contribution in [3.05, 3.63) is 41.6 Å². The lowest BCUT2D eigenvalue weighted by atomic mass is 10.1. The molecule has 0 bridgehead atoms. The third-order valence-electron chi connectivity index (χ3n) is 2.77. The molecule has 0 saturated heterocycles. The van der Waals surface area contributed by atoms with Crippen LogP contribution in [-0.4, -0.2) is 20.2 Å². The average molecular weight is 271 g/mol. The molecule has 3 aromatic rings. The molecule has 0 aliphatic rings. The fourth-order valence-corrected chi connectivity index (χ4v) is 2.78. The van der Waals surface area contributed by atoms with Gasteiger partial charge in [-0.3, -0.25) is 4.98 Å². The van der Waals surface area contributed by atoms with E-state index in [1.165, 1.54) is 10.9 Å². The first-order chi connectivity index (χ1) is 9.22. The Hall–Kier alpha value is -2.08. The highest BCUT2D eigenvalue weighted by atomic mass is 32.2. The van der Waals surface area contributed by atoms with Gasteiger partial charge in [0.25, 0.3) is 0 Å². The molecule has 0 radical (unpaired) electrons. The number of aryl methyl sites for hydroxylation is 1. The Kier molecular flexibility index (Phi) is 3.08. The van der Waals surface area contributed by atoms with Gasteiger partial charge in [0.15, 0.2) is 0 Å². The van der Waals surface area contributed by atoms with Crippen LogP contribution in [0.4, 0.5) is 5.95 Å². The summed E-state index contributed by atoms with van der Waals surface area (Å²) < 4.78 is 0. The van der Waals surface area contributed by atoms with Crippen LogP contribution in [0.5, 0.6) is 0 Å². The van der Waals surface area contributed by atoms with E-state index in [1.807, 2.05) is 25.1 Å². The van der Waals surface area contributed by atoms with Crippen molar-refractivity contribution in [2.45, 2.75) is 17.8 Å². The minimum Gasteiger partial charge on any atom is -0.368 e. The number of fused-ring (bicyclic) bond motifs is 1. The molecule has 1 aromatic carbocycles. The van der Waals surface area contributed by atoms with Crippen molar-refractivity contribution >= 4 is 28.6 Å². The highest BCUT2D eigenvalue weighted by molar-refractivity contribution is 7.98. The number of benzene rings is 1. The fraction of sp³-hybridized carbons (Fsp3) is 0.154. The van der Waals surface area contributed by atoms with Crippen molar-refractivity contribution in [2.75, 3.05) is 5.73 Å². The number of anilines is 1. The molecule has 0 saturated carbocycles. The summed E-state index contributed by atoms with van der Waals surface area (Å²) in [6.45, 7) is 2.01. The molecule has 0 aliphatic heterocycles. The number of rotatable bonds is 3. The normalized spacial score (nSPS) is 11.0. The van der Waals surface area contributed by atoms with E-state index in [1.54, 1.807) is 11.8 Å². The largest absolute Gasteiger partial charge is 0.368 e. The molecule has 2 aromatic heterocycles. The first-order valence-electron chi connectivity index (χ1n) is 5.88. The van der Waals surface area contributed by atoms with Crippen molar-refractivity contribution in [1.82, 2.24) is 20.2 Å². The molecule has 3 rings (SSSR count). The van der Waals surface area contributed by atoms with Gasteiger partial charge in [-0.15, -0.1) is 5.10 Å². The maximum Gasteiger partial charge on any atom is 0.216 e. The van der Waals surface area contributed by atoms with Gasteiger partial charge < -0.3 is 5.73 Å². The number of nitrogens with two attached hydrogens (primary N) is 1. The Morgan fingerprint density at radius 2 is 2.11 bits per heavy atom. The zero-order valence-corrected chi connectivity index (χ0v) is 11.2. The molecule has 96 valence electrons. The molecule has 2 heterocycles. The Labute approximate surface area is 114 Å². The van der Waals surface area contributed by atoms with Crippen LogP contribution in [0.1, 0.15) is 11.3 Å². The third kappa shape index (κ3) is 2.53. The second kappa shape index (κ2) is 4.89. The maximum atomic E-state index is 5.51. The van der Waals surface area contributed by atoms with E-state index in [4.69, 9.17) is 5.73 Å². The average Bonchev–Trinajstić information content (AvgIpc) is 2.81. The SMILES string of the molecule is Cc1cc(CSc2n[nH]c(N)n2)c2ccccc2n1. The van der Waals surface area contributed by atoms with E-state index in [9.17, 15) is 0 Å². The summed E-state index contributed by atoms with van der Waals surface area (Å²) in [5, 5.41) is 8.49. The minimum absolute atomic E-state index is 0.346. The number of hydrogen-bond acceptors (Lipinski definition) is 5. The second-order valence-corrected chi connectivity index (χ2v) is 5.17. The van der Waals surface area contributed by atoms with Crippen molar-refractivity contribution < 1.29 is 0 Å². The van der Waals surface area contributed by atoms with Crippen LogP contribution in [0.3, 0.4) is 0 Å². The number of pyridine rings is 1. The molecule has 0 unspecified atom stereocenters. The van der Waals surface area contributed by atoms with Crippen molar-refractivity contribution in [3.8, 4) is 0 Å². The van der Waals surface area contributed by atoms with Gasteiger partial charge in [-0.1, -0.05) is 30.0 Å². The minimum atomic E-state index is 0.346. The first kappa shape index (κ1) is 12.0. The van der Waals surface area contributed by atoms with E-state index >= 15 is 0 Å². The van der Waals surface area contributed by atoms with E-state index < -0.39 is 0 Å². The summed E-state index contributed by atoms with van der Waals surface area (Å²) in [7, 11) is 0. The van der Waals surface area contributed by atoms with Crippen LogP contribution < -0.4 is 5.73 Å². The van der Waals surface area contributed by atoms with Gasteiger partial charge >= 0.3 is 0 Å². The number of nitrogens with zero attached hydrogens (tertiary/aromatic N) is 3. The quantitative estimate of drug-likeness (QED) is 0.715. The number of H-pyrrole nitrogens is 1. The number of aromatic nitrogens is 4. The number of hydrogen-bond donors (Lipinski definition) is 2. The lowest BCUT2D eigenvalue weighted by molar-refractivity contribution is 0.973. The lowest BCUT2D eigenvalue weighted by Gasteiger charge is -2.06. The van der Waals surface area contributed by atoms with Crippen molar-refractivity contribution in [3.63, 3.8) is 0 Å². The zero-order chi connectivity index (χ0) is 13.2. The Morgan fingerprint density at radius 1 is 1.26 bits per heavy atom. The predicted octanol–water partition coefficient (Wildman–Crippen LogP) is 2.54. The van der Waals surface area contributed by atoms with Gasteiger partial charge in [-0.05, 0) is 24.6 Å². The van der Waals surface area contributed by atoms with E-state index in [0.29, 0.717) is 11.1 Å². The van der Waals surface area contributed by atoms with E-state index in [0.717, 1.165) is 17.0 Å². The summed E-state index contributed by atoms with van der Waals surface area (Å²) in [5.74, 6) is 1.14. The smallest absolute Gasteiger partial charge is 0.216 e. The highest BCUT2D eigenvalue weighted by Gasteiger charge is 2.06. The molecular weight excluding hydrogens is 258 g/mol. The molecule has 19 heavy (non-hydrogen) atoms. The number of para-hydroxylation sites is 1. The predicted molar refractivity (Wildman–Crippen MR) is 76.8 cm³/mol. The van der Waals surface area contributed by atoms with Gasteiger partial charge in [-0.2, -0.15) is 4.98 Å². The van der Waals surface area contributed by atoms with E-state index in [2.05, 4.69) is 32.3 Å². The fourth-order valence-electron chi connectivity index (χ4n) is 1.98. The number of aromatic amines is 1. The molecule has 0 amide bonds.